The second-order valence-corrected chi connectivity index (χ2v) is 14.0. The van der Waals surface area contributed by atoms with Gasteiger partial charge in [-0.25, -0.2) is 17.6 Å². The topological polar surface area (TPSA) is 13.1 Å². The zero-order valence-electron chi connectivity index (χ0n) is 29.4. The number of hydrogen-bond acceptors (Lipinski definition) is 1. The molecule has 0 bridgehead atoms. The second-order valence-electron chi connectivity index (χ2n) is 14.0. The van der Waals surface area contributed by atoms with Gasteiger partial charge in [0, 0.05) is 73.8 Å². The first-order valence-electron chi connectivity index (χ1n) is 18.1. The SMILES string of the molecule is Fc1ccc(Cn2c3ccccc3c3cc(N(c4ccc5ccccc5c4)c4ccc5c(c4)c4ccccc4n5Cc4ccc(F)c(F)c4)ccc32)cc1F. The summed E-state index contributed by atoms with van der Waals surface area (Å²) < 4.78 is 60.6. The molecule has 0 aliphatic rings. The summed E-state index contributed by atoms with van der Waals surface area (Å²) >= 11 is 0. The highest BCUT2D eigenvalue weighted by Gasteiger charge is 2.20. The molecule has 0 aliphatic carbocycles. The first-order chi connectivity index (χ1) is 26.9. The van der Waals surface area contributed by atoms with Crippen LogP contribution in [0.1, 0.15) is 11.1 Å². The van der Waals surface area contributed by atoms with Gasteiger partial charge in [-0.3, -0.25) is 0 Å². The minimum absolute atomic E-state index is 0.375. The first kappa shape index (κ1) is 32.8. The molecule has 0 unspecified atom stereocenters. The smallest absolute Gasteiger partial charge is 0.159 e. The molecule has 7 heteroatoms. The molecule has 0 fully saturated rings. The molecule has 266 valence electrons. The number of aromatic nitrogens is 2. The number of benzene rings is 8. The van der Waals surface area contributed by atoms with E-state index in [1.54, 1.807) is 12.1 Å². The standard InChI is InChI=1S/C48H31F4N3/c49-41-19-13-30(23-43(41)51)28-53-45-11-5-3-9-37(45)39-26-35(17-21-47(39)53)55(34-16-15-32-7-1-2-8-33(32)25-34)36-18-22-48-40(27-36)38-10-4-6-12-46(38)54(48)29-31-14-20-42(50)44(52)24-31/h1-27H,28-29H2. The van der Waals surface area contributed by atoms with E-state index in [-0.39, 0.29) is 0 Å². The fourth-order valence-electron chi connectivity index (χ4n) is 8.11. The summed E-state index contributed by atoms with van der Waals surface area (Å²) in [5.41, 5.74) is 8.15. The lowest BCUT2D eigenvalue weighted by Gasteiger charge is -2.26. The third-order valence-electron chi connectivity index (χ3n) is 10.7. The van der Waals surface area contributed by atoms with Crippen LogP contribution in [0, 0.1) is 23.3 Å². The molecule has 0 amide bonds. The highest BCUT2D eigenvalue weighted by Crippen LogP contribution is 2.42. The number of para-hydroxylation sites is 2. The highest BCUT2D eigenvalue weighted by atomic mass is 19.2. The van der Waals surface area contributed by atoms with Gasteiger partial charge in [0.15, 0.2) is 23.3 Å². The van der Waals surface area contributed by atoms with Crippen molar-refractivity contribution in [1.29, 1.82) is 0 Å². The Kier molecular flexibility index (Phi) is 7.70. The van der Waals surface area contributed by atoms with Crippen molar-refractivity contribution >= 4 is 71.4 Å². The average molecular weight is 726 g/mol. The molecule has 10 aromatic rings. The average Bonchev–Trinajstić information content (AvgIpc) is 3.69. The maximum Gasteiger partial charge on any atom is 0.159 e. The number of nitrogens with zero attached hydrogens (tertiary/aromatic N) is 3. The number of halogens is 4. The summed E-state index contributed by atoms with van der Waals surface area (Å²) in [5.74, 6) is -3.46. The lowest BCUT2D eigenvalue weighted by Crippen LogP contribution is -2.10. The Bertz CT molecular complexity index is 2950. The molecule has 10 rings (SSSR count). The molecule has 2 aromatic heterocycles. The molecule has 0 atom stereocenters. The van der Waals surface area contributed by atoms with Crippen molar-refractivity contribution < 1.29 is 17.6 Å². The molecule has 8 aromatic carbocycles. The van der Waals surface area contributed by atoms with E-state index >= 15 is 0 Å². The first-order valence-corrected chi connectivity index (χ1v) is 18.1. The Labute approximate surface area is 313 Å². The third-order valence-corrected chi connectivity index (χ3v) is 10.7. The Balaban J connectivity index is 1.16. The quantitative estimate of drug-likeness (QED) is 0.149. The zero-order valence-corrected chi connectivity index (χ0v) is 29.4. The third kappa shape index (κ3) is 5.59. The molecular formula is C48H31F4N3. The number of hydrogen-bond donors (Lipinski definition) is 0. The molecule has 0 saturated carbocycles. The van der Waals surface area contributed by atoms with E-state index in [1.165, 1.54) is 24.3 Å². The van der Waals surface area contributed by atoms with Crippen molar-refractivity contribution in [3.8, 4) is 0 Å². The summed E-state index contributed by atoms with van der Waals surface area (Å²) in [6.07, 6.45) is 0. The molecule has 2 heterocycles. The van der Waals surface area contributed by atoms with Crippen LogP contribution in [0.15, 0.2) is 164 Å². The highest BCUT2D eigenvalue weighted by molar-refractivity contribution is 6.11. The molecule has 0 saturated heterocycles. The summed E-state index contributed by atoms with van der Waals surface area (Å²) in [4.78, 5) is 2.26. The van der Waals surface area contributed by atoms with E-state index in [0.29, 0.717) is 24.2 Å². The molecule has 55 heavy (non-hydrogen) atoms. The number of fused-ring (bicyclic) bond motifs is 7. The minimum Gasteiger partial charge on any atom is -0.336 e. The lowest BCUT2D eigenvalue weighted by atomic mass is 10.1. The summed E-state index contributed by atoms with van der Waals surface area (Å²) in [6.45, 7) is 0.750. The molecular weight excluding hydrogens is 695 g/mol. The van der Waals surface area contributed by atoms with Crippen LogP contribution in [0.4, 0.5) is 34.6 Å². The molecule has 0 radical (unpaired) electrons. The van der Waals surface area contributed by atoms with Gasteiger partial charge < -0.3 is 14.0 Å². The second kappa shape index (κ2) is 12.9. The molecule has 3 nitrogen and oxygen atoms in total. The number of anilines is 3. The van der Waals surface area contributed by atoms with Crippen LogP contribution in [-0.2, 0) is 13.1 Å². The molecule has 0 N–H and O–H groups in total. The minimum atomic E-state index is -0.865. The maximum atomic E-state index is 14.3. The predicted molar refractivity (Wildman–Crippen MR) is 216 cm³/mol. The van der Waals surface area contributed by atoms with Crippen LogP contribution in [0.25, 0.3) is 54.4 Å². The van der Waals surface area contributed by atoms with Crippen molar-refractivity contribution in [1.82, 2.24) is 9.13 Å². The van der Waals surface area contributed by atoms with Gasteiger partial charge >= 0.3 is 0 Å². The van der Waals surface area contributed by atoms with Gasteiger partial charge in [0.25, 0.3) is 0 Å². The largest absolute Gasteiger partial charge is 0.336 e. The maximum absolute atomic E-state index is 14.3. The van der Waals surface area contributed by atoms with E-state index in [4.69, 9.17) is 0 Å². The van der Waals surface area contributed by atoms with Crippen LogP contribution in [0.3, 0.4) is 0 Å². The predicted octanol–water partition coefficient (Wildman–Crippen LogP) is 13.2. The van der Waals surface area contributed by atoms with Gasteiger partial charge in [0.05, 0.1) is 0 Å². The van der Waals surface area contributed by atoms with Gasteiger partial charge in [0.1, 0.15) is 0 Å². The normalized spacial score (nSPS) is 11.8. The van der Waals surface area contributed by atoms with Gasteiger partial charge in [0.2, 0.25) is 0 Å². The summed E-state index contributed by atoms with van der Waals surface area (Å²) in [5, 5.41) is 6.42. The van der Waals surface area contributed by atoms with Crippen LogP contribution in [0.2, 0.25) is 0 Å². The fourth-order valence-corrected chi connectivity index (χ4v) is 8.11. The lowest BCUT2D eigenvalue weighted by molar-refractivity contribution is 0.506. The monoisotopic (exact) mass is 725 g/mol. The zero-order chi connectivity index (χ0) is 37.2. The Hall–Kier alpha value is -6.86. The summed E-state index contributed by atoms with van der Waals surface area (Å²) in [6, 6.07) is 52.0. The van der Waals surface area contributed by atoms with Gasteiger partial charge in [-0.2, -0.15) is 0 Å². The van der Waals surface area contributed by atoms with Crippen LogP contribution < -0.4 is 4.90 Å². The Morgan fingerprint density at radius 2 is 0.782 bits per heavy atom. The van der Waals surface area contributed by atoms with E-state index in [1.807, 2.05) is 36.4 Å². The van der Waals surface area contributed by atoms with Crippen molar-refractivity contribution in [2.24, 2.45) is 0 Å². The van der Waals surface area contributed by atoms with Crippen molar-refractivity contribution in [2.75, 3.05) is 4.90 Å². The van der Waals surface area contributed by atoms with Crippen LogP contribution in [-0.4, -0.2) is 9.13 Å². The molecule has 0 aliphatic heterocycles. The van der Waals surface area contributed by atoms with Gasteiger partial charge in [-0.15, -0.1) is 0 Å². The number of rotatable bonds is 7. The van der Waals surface area contributed by atoms with Gasteiger partial charge in [-0.1, -0.05) is 78.9 Å². The Morgan fingerprint density at radius 1 is 0.345 bits per heavy atom. The van der Waals surface area contributed by atoms with Crippen molar-refractivity contribution in [2.45, 2.75) is 13.1 Å². The molecule has 0 spiro atoms. The van der Waals surface area contributed by atoms with Gasteiger partial charge in [-0.05, 0) is 107 Å². The van der Waals surface area contributed by atoms with E-state index in [0.717, 1.165) is 71.4 Å². The Morgan fingerprint density at radius 3 is 1.31 bits per heavy atom. The van der Waals surface area contributed by atoms with Crippen LogP contribution >= 0.6 is 0 Å². The van der Waals surface area contributed by atoms with E-state index in [9.17, 15) is 17.6 Å². The van der Waals surface area contributed by atoms with Crippen molar-refractivity contribution in [3.05, 3.63) is 198 Å². The van der Waals surface area contributed by atoms with Crippen molar-refractivity contribution in [3.63, 3.8) is 0 Å². The van der Waals surface area contributed by atoms with Crippen LogP contribution in [0.5, 0.6) is 0 Å². The summed E-state index contributed by atoms with van der Waals surface area (Å²) in [7, 11) is 0. The van der Waals surface area contributed by atoms with E-state index < -0.39 is 23.3 Å². The fraction of sp³-hybridized carbons (Fsp3) is 0.0417. The van der Waals surface area contributed by atoms with E-state index in [2.05, 4.69) is 105 Å².